The first-order chi connectivity index (χ1) is 8.13. The Bertz CT molecular complexity index is 400. The van der Waals surface area contributed by atoms with Crippen molar-refractivity contribution in [2.45, 2.75) is 52.9 Å². The van der Waals surface area contributed by atoms with Crippen LogP contribution in [0, 0.1) is 5.41 Å². The number of hydrogen-bond acceptors (Lipinski definition) is 0. The molecule has 0 N–H and O–H groups in total. The third kappa shape index (κ3) is 2.80. The van der Waals surface area contributed by atoms with Gasteiger partial charge in [0.25, 0.3) is 0 Å². The summed E-state index contributed by atoms with van der Waals surface area (Å²) in [6.45, 7) is 7.01. The normalized spacial score (nSPS) is 20.8. The number of hydrogen-bond donors (Lipinski definition) is 0. The lowest BCUT2D eigenvalue weighted by molar-refractivity contribution is 0.412. The zero-order valence-electron chi connectivity index (χ0n) is 11.4. The Labute approximate surface area is 106 Å². The van der Waals surface area contributed by atoms with Gasteiger partial charge in [-0.25, -0.2) is 0 Å². The van der Waals surface area contributed by atoms with Crippen LogP contribution in [0.2, 0.25) is 0 Å². The second-order valence-corrected chi connectivity index (χ2v) is 5.78. The highest BCUT2D eigenvalue weighted by Crippen LogP contribution is 2.38. The Morgan fingerprint density at radius 2 is 1.76 bits per heavy atom. The van der Waals surface area contributed by atoms with Gasteiger partial charge < -0.3 is 0 Å². The SMILES string of the molecule is CCC(C)(C)C1=CC=C(C2=CC=CCC2)CC1. The summed E-state index contributed by atoms with van der Waals surface area (Å²) >= 11 is 0. The monoisotopic (exact) mass is 228 g/mol. The minimum absolute atomic E-state index is 0.378. The van der Waals surface area contributed by atoms with Gasteiger partial charge in [-0.2, -0.15) is 0 Å². The summed E-state index contributed by atoms with van der Waals surface area (Å²) in [5, 5.41) is 0. The maximum Gasteiger partial charge on any atom is -0.0144 e. The quantitative estimate of drug-likeness (QED) is 0.611. The predicted molar refractivity (Wildman–Crippen MR) is 75.9 cm³/mol. The molecular formula is C17H24. The maximum atomic E-state index is 2.38. The Morgan fingerprint density at radius 1 is 1.00 bits per heavy atom. The van der Waals surface area contributed by atoms with E-state index in [4.69, 9.17) is 0 Å². The molecule has 0 spiro atoms. The molecule has 0 amide bonds. The van der Waals surface area contributed by atoms with Crippen molar-refractivity contribution in [2.75, 3.05) is 0 Å². The molecule has 0 saturated carbocycles. The highest BCUT2D eigenvalue weighted by Gasteiger charge is 2.22. The summed E-state index contributed by atoms with van der Waals surface area (Å²) < 4.78 is 0. The van der Waals surface area contributed by atoms with Gasteiger partial charge >= 0.3 is 0 Å². The van der Waals surface area contributed by atoms with Crippen LogP contribution >= 0.6 is 0 Å². The van der Waals surface area contributed by atoms with Gasteiger partial charge in [-0.3, -0.25) is 0 Å². The first-order valence-corrected chi connectivity index (χ1v) is 6.90. The molecule has 2 aliphatic rings. The summed E-state index contributed by atoms with van der Waals surface area (Å²) in [5.74, 6) is 0. The van der Waals surface area contributed by atoms with Crippen molar-refractivity contribution in [3.05, 3.63) is 47.1 Å². The van der Waals surface area contributed by atoms with E-state index in [-0.39, 0.29) is 0 Å². The number of allylic oxidation sites excluding steroid dienone is 8. The van der Waals surface area contributed by atoms with Crippen molar-refractivity contribution < 1.29 is 0 Å². The molecule has 0 heterocycles. The summed E-state index contributed by atoms with van der Waals surface area (Å²) in [5.41, 5.74) is 5.11. The van der Waals surface area contributed by atoms with Crippen LogP contribution in [-0.2, 0) is 0 Å². The predicted octanol–water partition coefficient (Wildman–Crippen LogP) is 5.35. The average molecular weight is 228 g/mol. The van der Waals surface area contributed by atoms with E-state index >= 15 is 0 Å². The van der Waals surface area contributed by atoms with Crippen molar-refractivity contribution in [1.82, 2.24) is 0 Å². The van der Waals surface area contributed by atoms with E-state index in [1.54, 1.807) is 16.7 Å². The van der Waals surface area contributed by atoms with Crippen LogP contribution in [0.4, 0.5) is 0 Å². The van der Waals surface area contributed by atoms with Gasteiger partial charge in [-0.15, -0.1) is 0 Å². The van der Waals surface area contributed by atoms with Crippen molar-refractivity contribution in [2.24, 2.45) is 5.41 Å². The second kappa shape index (κ2) is 5.08. The highest BCUT2D eigenvalue weighted by molar-refractivity contribution is 5.42. The molecule has 92 valence electrons. The van der Waals surface area contributed by atoms with Crippen molar-refractivity contribution in [3.63, 3.8) is 0 Å². The van der Waals surface area contributed by atoms with Crippen LogP contribution in [0.15, 0.2) is 47.1 Å². The molecule has 0 atom stereocenters. The molecule has 0 aromatic heterocycles. The van der Waals surface area contributed by atoms with Crippen LogP contribution in [0.25, 0.3) is 0 Å². The average Bonchev–Trinajstić information content (AvgIpc) is 2.40. The zero-order chi connectivity index (χ0) is 12.3. The van der Waals surface area contributed by atoms with E-state index in [1.807, 2.05) is 0 Å². The fraction of sp³-hybridized carbons (Fsp3) is 0.529. The number of rotatable bonds is 3. The summed E-state index contributed by atoms with van der Waals surface area (Å²) in [6.07, 6.45) is 17.6. The van der Waals surface area contributed by atoms with E-state index in [1.165, 1.54) is 32.1 Å². The van der Waals surface area contributed by atoms with Gasteiger partial charge in [0.05, 0.1) is 0 Å². The maximum absolute atomic E-state index is 2.38. The van der Waals surface area contributed by atoms with E-state index in [0.29, 0.717) is 5.41 Å². The largest absolute Gasteiger partial charge is 0.0842 e. The standard InChI is InChI=1S/C17H24/c1-4-17(2,3)16-12-10-15(11-13-16)14-8-6-5-7-9-14/h5-6,8,10,12H,4,7,9,11,13H2,1-3H3. The Kier molecular flexibility index (Phi) is 3.71. The lowest BCUT2D eigenvalue weighted by Gasteiger charge is -2.29. The van der Waals surface area contributed by atoms with Gasteiger partial charge in [-0.1, -0.05) is 56.7 Å². The molecule has 0 unspecified atom stereocenters. The second-order valence-electron chi connectivity index (χ2n) is 5.78. The molecule has 0 bridgehead atoms. The minimum atomic E-state index is 0.378. The fourth-order valence-electron chi connectivity index (χ4n) is 2.57. The van der Waals surface area contributed by atoms with E-state index in [0.717, 1.165) is 0 Å². The van der Waals surface area contributed by atoms with Crippen molar-refractivity contribution in [3.8, 4) is 0 Å². The molecule has 17 heavy (non-hydrogen) atoms. The van der Waals surface area contributed by atoms with E-state index in [9.17, 15) is 0 Å². The third-order valence-electron chi connectivity index (χ3n) is 4.33. The first kappa shape index (κ1) is 12.4. The molecule has 0 radical (unpaired) electrons. The molecular weight excluding hydrogens is 204 g/mol. The van der Waals surface area contributed by atoms with Crippen molar-refractivity contribution >= 4 is 0 Å². The molecule has 0 aromatic carbocycles. The highest BCUT2D eigenvalue weighted by atomic mass is 14.3. The van der Waals surface area contributed by atoms with Gasteiger partial charge in [0.1, 0.15) is 0 Å². The molecule has 2 aliphatic carbocycles. The van der Waals surface area contributed by atoms with Gasteiger partial charge in [0, 0.05) is 0 Å². The molecule has 0 saturated heterocycles. The minimum Gasteiger partial charge on any atom is -0.0842 e. The lowest BCUT2D eigenvalue weighted by Crippen LogP contribution is -2.15. The van der Waals surface area contributed by atoms with Crippen molar-refractivity contribution in [1.29, 1.82) is 0 Å². The van der Waals surface area contributed by atoms with E-state index < -0.39 is 0 Å². The first-order valence-electron chi connectivity index (χ1n) is 6.90. The fourth-order valence-corrected chi connectivity index (χ4v) is 2.57. The smallest absolute Gasteiger partial charge is 0.0144 e. The van der Waals surface area contributed by atoms with Gasteiger partial charge in [-0.05, 0) is 48.7 Å². The molecule has 0 fully saturated rings. The Morgan fingerprint density at radius 3 is 2.29 bits per heavy atom. The molecule has 0 aromatic rings. The van der Waals surface area contributed by atoms with Crippen LogP contribution in [0.3, 0.4) is 0 Å². The topological polar surface area (TPSA) is 0 Å². The van der Waals surface area contributed by atoms with E-state index in [2.05, 4.69) is 51.2 Å². The molecule has 0 nitrogen and oxygen atoms in total. The van der Waals surface area contributed by atoms with Gasteiger partial charge in [0.2, 0.25) is 0 Å². The Hall–Kier alpha value is -1.04. The third-order valence-corrected chi connectivity index (χ3v) is 4.33. The van der Waals surface area contributed by atoms with Crippen LogP contribution in [0.1, 0.15) is 52.9 Å². The van der Waals surface area contributed by atoms with Crippen LogP contribution < -0.4 is 0 Å². The Balaban J connectivity index is 2.15. The van der Waals surface area contributed by atoms with Crippen LogP contribution in [0.5, 0.6) is 0 Å². The zero-order valence-corrected chi connectivity index (χ0v) is 11.4. The molecule has 2 rings (SSSR count). The van der Waals surface area contributed by atoms with Gasteiger partial charge in [0.15, 0.2) is 0 Å². The summed E-state index contributed by atoms with van der Waals surface area (Å²) in [4.78, 5) is 0. The molecule has 0 heteroatoms. The van der Waals surface area contributed by atoms with Crippen LogP contribution in [-0.4, -0.2) is 0 Å². The lowest BCUT2D eigenvalue weighted by atomic mass is 9.76. The molecule has 0 aliphatic heterocycles. The summed E-state index contributed by atoms with van der Waals surface area (Å²) in [7, 11) is 0. The summed E-state index contributed by atoms with van der Waals surface area (Å²) in [6, 6.07) is 0.